The largest absolute Gasteiger partial charge is 0.508 e. The third kappa shape index (κ3) is 3.75. The number of aromatic hydroxyl groups is 1. The van der Waals surface area contributed by atoms with Gasteiger partial charge in [0, 0.05) is 25.7 Å². The van der Waals surface area contributed by atoms with Crippen molar-refractivity contribution in [1.82, 2.24) is 10.2 Å². The average molecular weight is 236 g/mol. The predicted octanol–water partition coefficient (Wildman–Crippen LogP) is 1.52. The number of para-hydroxylation sites is 1. The number of rotatable bonds is 5. The van der Waals surface area contributed by atoms with Crippen LogP contribution in [-0.2, 0) is 4.79 Å². The topological polar surface area (TPSA) is 52.6 Å². The Labute approximate surface area is 102 Å². The van der Waals surface area contributed by atoms with Gasteiger partial charge in [0.1, 0.15) is 5.75 Å². The maximum atomic E-state index is 11.5. The van der Waals surface area contributed by atoms with E-state index in [1.165, 1.54) is 0 Å². The molecule has 1 aromatic rings. The van der Waals surface area contributed by atoms with Gasteiger partial charge in [0.05, 0.1) is 6.54 Å². The highest BCUT2D eigenvalue weighted by Gasteiger charge is 2.14. The van der Waals surface area contributed by atoms with Gasteiger partial charge in [-0.05, 0) is 12.5 Å². The summed E-state index contributed by atoms with van der Waals surface area (Å²) in [5.41, 5.74) is 0.835. The number of carbonyl (C=O) groups is 1. The summed E-state index contributed by atoms with van der Waals surface area (Å²) in [6, 6.07) is 7.20. The van der Waals surface area contributed by atoms with Crippen molar-refractivity contribution in [3.8, 4) is 5.75 Å². The zero-order chi connectivity index (χ0) is 12.8. The second-order valence-electron chi connectivity index (χ2n) is 4.19. The van der Waals surface area contributed by atoms with Crippen molar-refractivity contribution >= 4 is 5.91 Å². The summed E-state index contributed by atoms with van der Waals surface area (Å²) < 4.78 is 0. The van der Waals surface area contributed by atoms with Gasteiger partial charge in [0.15, 0.2) is 0 Å². The highest BCUT2D eigenvalue weighted by atomic mass is 16.3. The number of benzene rings is 1. The minimum Gasteiger partial charge on any atom is -0.508 e. The Morgan fingerprint density at radius 3 is 2.59 bits per heavy atom. The van der Waals surface area contributed by atoms with Crippen LogP contribution in [0.15, 0.2) is 24.3 Å². The van der Waals surface area contributed by atoms with Crippen molar-refractivity contribution in [3.63, 3.8) is 0 Å². The summed E-state index contributed by atoms with van der Waals surface area (Å²) in [7, 11) is 3.45. The third-order valence-electron chi connectivity index (χ3n) is 2.72. The molecule has 0 aliphatic carbocycles. The number of amides is 1. The normalized spacial score (nSPS) is 12.2. The molecule has 0 saturated carbocycles. The van der Waals surface area contributed by atoms with Gasteiger partial charge < -0.3 is 15.3 Å². The molecular formula is C13H20N2O2. The lowest BCUT2D eigenvalue weighted by atomic mass is 10.0. The van der Waals surface area contributed by atoms with Crippen molar-refractivity contribution in [2.75, 3.05) is 20.6 Å². The molecule has 1 rings (SSSR count). The van der Waals surface area contributed by atoms with E-state index in [2.05, 4.69) is 5.32 Å². The molecule has 0 radical (unpaired) electrons. The Hall–Kier alpha value is -1.55. The molecule has 0 spiro atoms. The Morgan fingerprint density at radius 2 is 2.06 bits per heavy atom. The lowest BCUT2D eigenvalue weighted by Crippen LogP contribution is -2.34. The van der Waals surface area contributed by atoms with Gasteiger partial charge in [-0.1, -0.05) is 25.1 Å². The molecule has 1 unspecified atom stereocenters. The van der Waals surface area contributed by atoms with Crippen molar-refractivity contribution in [2.24, 2.45) is 0 Å². The Kier molecular flexibility index (Phi) is 4.97. The highest BCUT2D eigenvalue weighted by molar-refractivity contribution is 5.77. The molecule has 2 N–H and O–H groups in total. The smallest absolute Gasteiger partial charge is 0.236 e. The zero-order valence-electron chi connectivity index (χ0n) is 10.6. The number of phenols is 1. The number of nitrogens with one attached hydrogen (secondary N) is 1. The molecule has 4 nitrogen and oxygen atoms in total. The SMILES string of the molecule is CCC(NCC(=O)N(C)C)c1ccccc1O. The number of hydrogen-bond donors (Lipinski definition) is 2. The summed E-state index contributed by atoms with van der Waals surface area (Å²) in [5, 5.41) is 12.9. The Balaban J connectivity index is 2.67. The van der Waals surface area contributed by atoms with Crippen LogP contribution in [0.3, 0.4) is 0 Å². The van der Waals surface area contributed by atoms with Crippen LogP contribution < -0.4 is 5.32 Å². The second kappa shape index (κ2) is 6.25. The Bertz CT molecular complexity index is 377. The van der Waals surface area contributed by atoms with Crippen LogP contribution in [0, 0.1) is 0 Å². The fourth-order valence-corrected chi connectivity index (χ4v) is 1.63. The highest BCUT2D eigenvalue weighted by Crippen LogP contribution is 2.25. The monoisotopic (exact) mass is 236 g/mol. The minimum atomic E-state index is 0.0000926. The molecule has 0 fully saturated rings. The summed E-state index contributed by atoms with van der Waals surface area (Å²) in [5.74, 6) is 0.294. The van der Waals surface area contributed by atoms with Crippen LogP contribution in [0.1, 0.15) is 24.9 Å². The number of carbonyl (C=O) groups excluding carboxylic acids is 1. The first kappa shape index (κ1) is 13.5. The van der Waals surface area contributed by atoms with Crippen LogP contribution in [0.25, 0.3) is 0 Å². The minimum absolute atomic E-state index is 0.0000926. The van der Waals surface area contributed by atoms with Crippen LogP contribution in [0.5, 0.6) is 5.75 Å². The third-order valence-corrected chi connectivity index (χ3v) is 2.72. The number of nitrogens with zero attached hydrogens (tertiary/aromatic N) is 1. The molecule has 0 aliphatic rings. The van der Waals surface area contributed by atoms with Gasteiger partial charge in [-0.15, -0.1) is 0 Å². The number of phenolic OH excluding ortho intramolecular Hbond substituents is 1. The molecule has 0 aliphatic heterocycles. The van der Waals surface area contributed by atoms with Crippen molar-refractivity contribution in [3.05, 3.63) is 29.8 Å². The first-order valence-corrected chi connectivity index (χ1v) is 5.77. The zero-order valence-corrected chi connectivity index (χ0v) is 10.6. The fourth-order valence-electron chi connectivity index (χ4n) is 1.63. The number of likely N-dealkylation sites (N-methyl/N-ethyl adjacent to an activating group) is 1. The molecule has 1 aromatic carbocycles. The van der Waals surface area contributed by atoms with Crippen molar-refractivity contribution in [1.29, 1.82) is 0 Å². The number of hydrogen-bond acceptors (Lipinski definition) is 3. The fraction of sp³-hybridized carbons (Fsp3) is 0.462. The van der Waals surface area contributed by atoms with E-state index in [0.717, 1.165) is 12.0 Å². The maximum absolute atomic E-state index is 11.5. The van der Waals surface area contributed by atoms with Gasteiger partial charge >= 0.3 is 0 Å². The van der Waals surface area contributed by atoms with E-state index in [-0.39, 0.29) is 24.2 Å². The van der Waals surface area contributed by atoms with Crippen LogP contribution >= 0.6 is 0 Å². The van der Waals surface area contributed by atoms with E-state index < -0.39 is 0 Å². The molecule has 1 atom stereocenters. The van der Waals surface area contributed by atoms with Gasteiger partial charge in [0.2, 0.25) is 5.91 Å². The lowest BCUT2D eigenvalue weighted by molar-refractivity contribution is -0.127. The van der Waals surface area contributed by atoms with Gasteiger partial charge in [-0.25, -0.2) is 0 Å². The summed E-state index contributed by atoms with van der Waals surface area (Å²) in [4.78, 5) is 13.0. The van der Waals surface area contributed by atoms with Gasteiger partial charge in [-0.2, -0.15) is 0 Å². The second-order valence-corrected chi connectivity index (χ2v) is 4.19. The first-order valence-electron chi connectivity index (χ1n) is 5.77. The van der Waals surface area contributed by atoms with E-state index in [1.54, 1.807) is 31.1 Å². The first-order chi connectivity index (χ1) is 8.06. The van der Waals surface area contributed by atoms with Crippen LogP contribution in [-0.4, -0.2) is 36.6 Å². The molecule has 1 amide bonds. The average Bonchev–Trinajstić information content (AvgIpc) is 2.31. The maximum Gasteiger partial charge on any atom is 0.236 e. The Morgan fingerprint density at radius 1 is 1.41 bits per heavy atom. The molecule has 17 heavy (non-hydrogen) atoms. The molecular weight excluding hydrogens is 216 g/mol. The molecule has 4 heteroatoms. The molecule has 0 bridgehead atoms. The van der Waals surface area contributed by atoms with Crippen LogP contribution in [0.2, 0.25) is 0 Å². The molecule has 0 aromatic heterocycles. The lowest BCUT2D eigenvalue weighted by Gasteiger charge is -2.19. The summed E-state index contributed by atoms with van der Waals surface area (Å²) in [6.07, 6.45) is 0.818. The van der Waals surface area contributed by atoms with Gasteiger partial charge in [-0.3, -0.25) is 4.79 Å². The molecule has 0 heterocycles. The standard InChI is InChI=1S/C13H20N2O2/c1-4-11(14-9-13(17)15(2)3)10-7-5-6-8-12(10)16/h5-8,11,14,16H,4,9H2,1-3H3. The van der Waals surface area contributed by atoms with E-state index in [1.807, 2.05) is 19.1 Å². The van der Waals surface area contributed by atoms with E-state index >= 15 is 0 Å². The van der Waals surface area contributed by atoms with Crippen molar-refractivity contribution < 1.29 is 9.90 Å². The van der Waals surface area contributed by atoms with E-state index in [0.29, 0.717) is 0 Å². The van der Waals surface area contributed by atoms with E-state index in [9.17, 15) is 9.90 Å². The molecule has 94 valence electrons. The quantitative estimate of drug-likeness (QED) is 0.815. The summed E-state index contributed by atoms with van der Waals surface area (Å²) >= 11 is 0. The summed E-state index contributed by atoms with van der Waals surface area (Å²) in [6.45, 7) is 2.30. The van der Waals surface area contributed by atoms with Gasteiger partial charge in [0.25, 0.3) is 0 Å². The predicted molar refractivity (Wildman–Crippen MR) is 67.8 cm³/mol. The van der Waals surface area contributed by atoms with E-state index in [4.69, 9.17) is 0 Å². The van der Waals surface area contributed by atoms with Crippen molar-refractivity contribution in [2.45, 2.75) is 19.4 Å². The molecule has 0 saturated heterocycles. The van der Waals surface area contributed by atoms with Crippen LogP contribution in [0.4, 0.5) is 0 Å².